The highest BCUT2D eigenvalue weighted by molar-refractivity contribution is 8.00. The van der Waals surface area contributed by atoms with Crippen LogP contribution in [0.3, 0.4) is 0 Å². The summed E-state index contributed by atoms with van der Waals surface area (Å²) in [4.78, 5) is 28.9. The molecule has 6 rings (SSSR count). The van der Waals surface area contributed by atoms with Gasteiger partial charge in [-0.3, -0.25) is 14.5 Å². The third-order valence-corrected chi connectivity index (χ3v) is 10.2. The summed E-state index contributed by atoms with van der Waals surface area (Å²) in [6, 6.07) is 15.9. The molecule has 1 amide bonds. The van der Waals surface area contributed by atoms with Crippen LogP contribution in [0.15, 0.2) is 70.6 Å². The molecule has 0 spiro atoms. The topological polar surface area (TPSA) is 111 Å². The van der Waals surface area contributed by atoms with Crippen molar-refractivity contribution in [3.63, 3.8) is 0 Å². The summed E-state index contributed by atoms with van der Waals surface area (Å²) in [6.07, 6.45) is 1.50. The second kappa shape index (κ2) is 14.4. The minimum Gasteiger partial charge on any atom is -0.507 e. The Morgan fingerprint density at radius 2 is 1.92 bits per heavy atom. The maximum atomic E-state index is 14.3. The fraction of sp³-hybridized carbons (Fsp3) is 0.333. The molecule has 0 bridgehead atoms. The molecule has 3 heterocycles. The van der Waals surface area contributed by atoms with E-state index in [1.807, 2.05) is 13.8 Å². The van der Waals surface area contributed by atoms with Crippen LogP contribution in [0.2, 0.25) is 0 Å². The number of thioether (sulfide) groups is 1. The van der Waals surface area contributed by atoms with E-state index < -0.39 is 17.7 Å². The Labute approximate surface area is 286 Å². The smallest absolute Gasteiger partial charge is 0.301 e. The Balaban J connectivity index is 1.41. The quantitative estimate of drug-likeness (QED) is 0.0525. The lowest BCUT2D eigenvalue weighted by molar-refractivity contribution is -0.132. The zero-order valence-electron chi connectivity index (χ0n) is 27.1. The van der Waals surface area contributed by atoms with E-state index in [0.29, 0.717) is 63.8 Å². The molecule has 2 atom stereocenters. The maximum absolute atomic E-state index is 14.3. The fourth-order valence-corrected chi connectivity index (χ4v) is 7.52. The van der Waals surface area contributed by atoms with Gasteiger partial charge in [-0.15, -0.1) is 10.2 Å². The number of amides is 1. The van der Waals surface area contributed by atoms with Gasteiger partial charge < -0.3 is 19.3 Å². The lowest BCUT2D eigenvalue weighted by atomic mass is 9.94. The van der Waals surface area contributed by atoms with E-state index in [-0.39, 0.29) is 28.4 Å². The molecule has 0 unspecified atom stereocenters. The van der Waals surface area contributed by atoms with Crippen molar-refractivity contribution >= 4 is 45.7 Å². The molecule has 48 heavy (non-hydrogen) atoms. The Bertz CT molecular complexity index is 1880. The summed E-state index contributed by atoms with van der Waals surface area (Å²) < 4.78 is 32.6. The van der Waals surface area contributed by atoms with Gasteiger partial charge in [0.05, 0.1) is 24.8 Å². The number of ketones is 1. The lowest BCUT2D eigenvalue weighted by Gasteiger charge is -2.24. The molecular formula is C36H36FN3O6S2. The van der Waals surface area contributed by atoms with Gasteiger partial charge in [-0.1, -0.05) is 61.2 Å². The van der Waals surface area contributed by atoms with Gasteiger partial charge in [0.1, 0.15) is 23.4 Å². The van der Waals surface area contributed by atoms with Crippen LogP contribution in [0.5, 0.6) is 17.2 Å². The average molecular weight is 690 g/mol. The third-order valence-electron chi connectivity index (χ3n) is 8.06. The van der Waals surface area contributed by atoms with Crippen LogP contribution < -0.4 is 19.1 Å². The number of aliphatic hydroxyl groups excluding tert-OH is 1. The van der Waals surface area contributed by atoms with Gasteiger partial charge in [0.25, 0.3) is 5.78 Å². The first-order valence-corrected chi connectivity index (χ1v) is 17.6. The van der Waals surface area contributed by atoms with Crippen molar-refractivity contribution in [2.24, 2.45) is 5.92 Å². The molecule has 1 N–H and O–H groups in total. The predicted molar refractivity (Wildman–Crippen MR) is 183 cm³/mol. The first-order valence-electron chi connectivity index (χ1n) is 15.8. The first-order chi connectivity index (χ1) is 23.1. The largest absolute Gasteiger partial charge is 0.507 e. The summed E-state index contributed by atoms with van der Waals surface area (Å²) in [5, 5.41) is 20.4. The zero-order valence-corrected chi connectivity index (χ0v) is 28.7. The molecule has 0 radical (unpaired) electrons. The monoisotopic (exact) mass is 689 g/mol. The number of fused-ring (bicyclic) bond motifs is 1. The second-order valence-corrected chi connectivity index (χ2v) is 14.2. The normalized spacial score (nSPS) is 18.3. The molecule has 4 aromatic rings. The van der Waals surface area contributed by atoms with E-state index in [9.17, 15) is 19.1 Å². The minimum absolute atomic E-state index is 0.0101. The van der Waals surface area contributed by atoms with E-state index in [1.165, 1.54) is 22.7 Å². The first kappa shape index (κ1) is 33.5. The number of ether oxygens (including phenoxy) is 3. The molecule has 12 heteroatoms. The highest BCUT2D eigenvalue weighted by atomic mass is 32.2. The van der Waals surface area contributed by atoms with Crippen LogP contribution in [0.4, 0.5) is 9.52 Å². The number of hydrogen-bond acceptors (Lipinski definition) is 10. The predicted octanol–water partition coefficient (Wildman–Crippen LogP) is 7.74. The van der Waals surface area contributed by atoms with E-state index in [1.54, 1.807) is 54.6 Å². The molecule has 3 aromatic carbocycles. The fourth-order valence-electron chi connectivity index (χ4n) is 5.67. The van der Waals surface area contributed by atoms with Crippen molar-refractivity contribution in [1.29, 1.82) is 0 Å². The molecule has 0 aliphatic carbocycles. The number of halogens is 1. The summed E-state index contributed by atoms with van der Waals surface area (Å²) in [5.74, 6) is 0.132. The molecule has 2 aliphatic heterocycles. The summed E-state index contributed by atoms with van der Waals surface area (Å²) in [6.45, 7) is 8.90. The van der Waals surface area contributed by atoms with E-state index in [2.05, 4.69) is 24.0 Å². The number of hydrogen-bond donors (Lipinski definition) is 1. The SMILES string of the molecule is CCOc1cc([C@H]2C(=C(O)c3ccc4c(c3)C[C@H](C)O4)C(=O)C(=O)N2c2nnc(SCc3ccccc3F)s2)ccc1OCCC(C)C. The van der Waals surface area contributed by atoms with Crippen molar-refractivity contribution in [3.8, 4) is 17.2 Å². The number of rotatable bonds is 12. The van der Waals surface area contributed by atoms with Crippen LogP contribution >= 0.6 is 23.1 Å². The highest BCUT2D eigenvalue weighted by Crippen LogP contribution is 2.46. The van der Waals surface area contributed by atoms with Crippen molar-refractivity contribution in [2.75, 3.05) is 18.1 Å². The number of nitrogens with zero attached hydrogens (tertiary/aromatic N) is 3. The van der Waals surface area contributed by atoms with Crippen LogP contribution in [0, 0.1) is 11.7 Å². The number of Topliss-reactive ketones (excluding diaryl/α,β-unsaturated/α-hetero) is 1. The standard InChI is InChI=1S/C36H36FN3O6S2/c1-5-44-29-18-22(10-13-28(29)45-15-14-20(2)3)31-30(32(41)23-11-12-27-25(17-23)16-21(4)46-27)33(42)34(43)40(31)35-38-39-36(48-35)47-19-24-8-6-7-9-26(24)37/h6-13,17-18,20-21,31,41H,5,14-16,19H2,1-4H3/t21-,31-/m0/s1. The van der Waals surface area contributed by atoms with Crippen LogP contribution in [-0.4, -0.2) is 46.3 Å². The second-order valence-electron chi connectivity index (χ2n) is 12.0. The van der Waals surface area contributed by atoms with Gasteiger partial charge in [0, 0.05) is 17.7 Å². The third kappa shape index (κ3) is 6.91. The van der Waals surface area contributed by atoms with Gasteiger partial charge in [0.15, 0.2) is 15.8 Å². The molecular weight excluding hydrogens is 654 g/mol. The number of aliphatic hydroxyl groups is 1. The molecule has 9 nitrogen and oxygen atoms in total. The highest BCUT2D eigenvalue weighted by Gasteiger charge is 2.48. The Hall–Kier alpha value is -4.42. The van der Waals surface area contributed by atoms with Crippen LogP contribution in [-0.2, 0) is 21.8 Å². The Morgan fingerprint density at radius 1 is 1.10 bits per heavy atom. The molecule has 2 aliphatic rings. The van der Waals surface area contributed by atoms with Gasteiger partial charge in [-0.2, -0.15) is 0 Å². The number of aromatic nitrogens is 2. The van der Waals surface area contributed by atoms with Gasteiger partial charge in [0.2, 0.25) is 5.13 Å². The average Bonchev–Trinajstić information content (AvgIpc) is 3.75. The van der Waals surface area contributed by atoms with Crippen molar-refractivity contribution in [3.05, 3.63) is 94.3 Å². The van der Waals surface area contributed by atoms with E-state index in [0.717, 1.165) is 29.1 Å². The van der Waals surface area contributed by atoms with Crippen LogP contribution in [0.1, 0.15) is 62.4 Å². The number of benzene rings is 3. The lowest BCUT2D eigenvalue weighted by Crippen LogP contribution is -2.29. The Kier molecular flexibility index (Phi) is 10.0. The van der Waals surface area contributed by atoms with Crippen molar-refractivity contribution < 1.29 is 33.3 Å². The molecule has 1 aromatic heterocycles. The van der Waals surface area contributed by atoms with Crippen LogP contribution in [0.25, 0.3) is 5.76 Å². The van der Waals surface area contributed by atoms with E-state index in [4.69, 9.17) is 14.2 Å². The molecule has 1 fully saturated rings. The van der Waals surface area contributed by atoms with Crippen molar-refractivity contribution in [1.82, 2.24) is 10.2 Å². The van der Waals surface area contributed by atoms with Gasteiger partial charge in [-0.25, -0.2) is 4.39 Å². The molecule has 0 saturated carbocycles. The van der Waals surface area contributed by atoms with Gasteiger partial charge in [-0.05, 0) is 79.3 Å². The molecule has 1 saturated heterocycles. The minimum atomic E-state index is -1.05. The zero-order chi connectivity index (χ0) is 33.9. The number of carbonyl (C=O) groups excluding carboxylic acids is 2. The summed E-state index contributed by atoms with van der Waals surface area (Å²) >= 11 is 2.39. The summed E-state index contributed by atoms with van der Waals surface area (Å²) in [7, 11) is 0. The molecule has 250 valence electrons. The van der Waals surface area contributed by atoms with Crippen molar-refractivity contribution in [2.45, 2.75) is 62.8 Å². The Morgan fingerprint density at radius 3 is 2.69 bits per heavy atom. The van der Waals surface area contributed by atoms with E-state index >= 15 is 0 Å². The summed E-state index contributed by atoms with van der Waals surface area (Å²) in [5.41, 5.74) is 2.24. The van der Waals surface area contributed by atoms with Gasteiger partial charge >= 0.3 is 5.91 Å². The maximum Gasteiger partial charge on any atom is 0.301 e. The number of anilines is 1. The number of carbonyl (C=O) groups is 2.